The summed E-state index contributed by atoms with van der Waals surface area (Å²) in [4.78, 5) is 33.6. The lowest BCUT2D eigenvalue weighted by molar-refractivity contribution is -0.116. The van der Waals surface area contributed by atoms with Crippen LogP contribution in [0.4, 0.5) is 5.69 Å². The van der Waals surface area contributed by atoms with Gasteiger partial charge >= 0.3 is 0 Å². The maximum atomic E-state index is 12.9. The number of nitrogens with one attached hydrogen (secondary N) is 2. The first-order valence-corrected chi connectivity index (χ1v) is 10.9. The zero-order valence-corrected chi connectivity index (χ0v) is 18.0. The summed E-state index contributed by atoms with van der Waals surface area (Å²) >= 11 is 1.38. The summed E-state index contributed by atoms with van der Waals surface area (Å²) in [5.41, 5.74) is 2.63. The van der Waals surface area contributed by atoms with E-state index in [4.69, 9.17) is 4.42 Å². The first-order chi connectivity index (χ1) is 14.5. The highest BCUT2D eigenvalue weighted by atomic mass is 32.2. The Morgan fingerprint density at radius 1 is 1.17 bits per heavy atom. The molecule has 3 aromatic rings. The molecule has 30 heavy (non-hydrogen) atoms. The highest BCUT2D eigenvalue weighted by Crippen LogP contribution is 2.25. The van der Waals surface area contributed by atoms with Crippen molar-refractivity contribution >= 4 is 29.3 Å². The Bertz CT molecular complexity index is 1030. The largest absolute Gasteiger partial charge is 0.461 e. The highest BCUT2D eigenvalue weighted by Gasteiger charge is 2.19. The third-order valence-electron chi connectivity index (χ3n) is 4.36. The molecule has 0 spiro atoms. The molecule has 0 radical (unpaired) electrons. The summed E-state index contributed by atoms with van der Waals surface area (Å²) < 4.78 is 5.37. The number of amides is 2. The van der Waals surface area contributed by atoms with E-state index >= 15 is 0 Å². The summed E-state index contributed by atoms with van der Waals surface area (Å²) in [5.74, 6) is 0.743. The molecule has 7 nitrogen and oxygen atoms in total. The summed E-state index contributed by atoms with van der Waals surface area (Å²) in [6, 6.07) is 11.0. The van der Waals surface area contributed by atoms with Crippen LogP contribution in [0.5, 0.6) is 0 Å². The molecular formula is C22H24N4O3S. The molecule has 2 amide bonds. The molecule has 2 aromatic heterocycles. The van der Waals surface area contributed by atoms with Crippen molar-refractivity contribution < 1.29 is 14.0 Å². The van der Waals surface area contributed by atoms with Crippen LogP contribution >= 0.6 is 11.8 Å². The van der Waals surface area contributed by atoms with Crippen molar-refractivity contribution in [1.29, 1.82) is 0 Å². The fraction of sp³-hybridized carbons (Fsp3) is 0.273. The smallest absolute Gasteiger partial charge is 0.256 e. The Morgan fingerprint density at radius 2 is 2.00 bits per heavy atom. The minimum atomic E-state index is -0.247. The molecule has 0 atom stereocenters. The molecule has 0 aliphatic rings. The van der Waals surface area contributed by atoms with Crippen molar-refractivity contribution in [3.63, 3.8) is 0 Å². The van der Waals surface area contributed by atoms with Gasteiger partial charge in [0.25, 0.3) is 5.91 Å². The molecule has 0 aliphatic heterocycles. The Labute approximate surface area is 179 Å². The van der Waals surface area contributed by atoms with Gasteiger partial charge in [0, 0.05) is 18.7 Å². The highest BCUT2D eigenvalue weighted by molar-refractivity contribution is 7.98. The topological polar surface area (TPSA) is 97.1 Å². The van der Waals surface area contributed by atoms with Crippen molar-refractivity contribution in [2.24, 2.45) is 0 Å². The van der Waals surface area contributed by atoms with Gasteiger partial charge in [0.2, 0.25) is 5.91 Å². The van der Waals surface area contributed by atoms with Crippen molar-refractivity contribution in [2.45, 2.75) is 38.3 Å². The second-order valence-electron chi connectivity index (χ2n) is 6.68. The molecule has 1 aromatic carbocycles. The number of nitrogens with zero attached hydrogens (tertiary/aromatic N) is 2. The number of carbonyl (C=O) groups is 2. The molecule has 0 unspecified atom stereocenters. The number of hydrogen-bond acceptors (Lipinski definition) is 6. The van der Waals surface area contributed by atoms with E-state index in [-0.39, 0.29) is 11.8 Å². The number of benzene rings is 1. The van der Waals surface area contributed by atoms with Gasteiger partial charge in [0.05, 0.1) is 17.5 Å². The number of aromatic nitrogens is 2. The lowest BCUT2D eigenvalue weighted by Crippen LogP contribution is -2.25. The third-order valence-corrected chi connectivity index (χ3v) is 5.04. The van der Waals surface area contributed by atoms with Gasteiger partial charge in [-0.3, -0.25) is 9.59 Å². The van der Waals surface area contributed by atoms with Crippen LogP contribution in [0.1, 0.15) is 41.4 Å². The van der Waals surface area contributed by atoms with Gasteiger partial charge in [-0.15, -0.1) is 11.8 Å². The normalized spacial score (nSPS) is 10.6. The van der Waals surface area contributed by atoms with E-state index in [1.807, 2.05) is 37.4 Å². The molecule has 0 aliphatic carbocycles. The average Bonchev–Trinajstić information content (AvgIpc) is 3.27. The number of hydrogen-bond donors (Lipinski definition) is 2. The molecule has 0 bridgehead atoms. The number of rotatable bonds is 8. The lowest BCUT2D eigenvalue weighted by Gasteiger charge is -2.12. The van der Waals surface area contributed by atoms with Gasteiger partial charge in [0.15, 0.2) is 11.6 Å². The number of furan rings is 1. The molecule has 2 N–H and O–H groups in total. The molecule has 0 fully saturated rings. The van der Waals surface area contributed by atoms with Gasteiger partial charge in [-0.1, -0.05) is 19.1 Å². The zero-order valence-electron chi connectivity index (χ0n) is 17.2. The van der Waals surface area contributed by atoms with Crippen LogP contribution in [0.25, 0.3) is 11.6 Å². The van der Waals surface area contributed by atoms with Crippen LogP contribution in [0.2, 0.25) is 0 Å². The molecule has 8 heteroatoms. The molecule has 3 rings (SSSR count). The maximum Gasteiger partial charge on any atom is 0.256 e. The number of anilines is 1. The fourth-order valence-electron chi connectivity index (χ4n) is 2.95. The Kier molecular flexibility index (Phi) is 7.24. The van der Waals surface area contributed by atoms with Crippen LogP contribution in [-0.4, -0.2) is 28.0 Å². The number of thioether (sulfide) groups is 1. The average molecular weight is 425 g/mol. The van der Waals surface area contributed by atoms with E-state index < -0.39 is 0 Å². The fourth-order valence-corrected chi connectivity index (χ4v) is 3.57. The van der Waals surface area contributed by atoms with Crippen molar-refractivity contribution in [3.05, 3.63) is 59.5 Å². The van der Waals surface area contributed by atoms with Gasteiger partial charge in [-0.25, -0.2) is 9.97 Å². The van der Waals surface area contributed by atoms with Crippen molar-refractivity contribution in [3.8, 4) is 11.6 Å². The predicted molar refractivity (Wildman–Crippen MR) is 117 cm³/mol. The number of aryl methyl sites for hydroxylation is 1. The van der Waals surface area contributed by atoms with E-state index in [0.717, 1.165) is 12.0 Å². The summed E-state index contributed by atoms with van der Waals surface area (Å²) in [6.45, 7) is 4.07. The second kappa shape index (κ2) is 10.1. The van der Waals surface area contributed by atoms with Gasteiger partial charge in [-0.2, -0.15) is 0 Å². The van der Waals surface area contributed by atoms with Crippen LogP contribution in [0.3, 0.4) is 0 Å². The van der Waals surface area contributed by atoms with E-state index in [1.165, 1.54) is 11.8 Å². The van der Waals surface area contributed by atoms with E-state index in [1.54, 1.807) is 25.3 Å². The summed E-state index contributed by atoms with van der Waals surface area (Å²) in [6.07, 6.45) is 4.70. The lowest BCUT2D eigenvalue weighted by atomic mass is 10.1. The third kappa shape index (κ3) is 5.27. The quantitative estimate of drug-likeness (QED) is 0.410. The molecule has 2 heterocycles. The van der Waals surface area contributed by atoms with E-state index in [2.05, 4.69) is 20.6 Å². The molecule has 156 valence electrons. The van der Waals surface area contributed by atoms with Gasteiger partial charge < -0.3 is 15.1 Å². The standard InChI is InChI=1S/C22H24N4O3S/c1-4-7-18(27)25-16-9-5-8-15(12-16)13-23-21(28)19-14(2)24-20(26-22(19)30-3)17-10-6-11-29-17/h5-6,8-12H,4,7,13H2,1-3H3,(H,23,28)(H,25,27). The monoisotopic (exact) mass is 424 g/mol. The first-order valence-electron chi connectivity index (χ1n) is 9.65. The van der Waals surface area contributed by atoms with Gasteiger partial charge in [-0.05, 0) is 49.4 Å². The second-order valence-corrected chi connectivity index (χ2v) is 7.47. The SMILES string of the molecule is CCCC(=O)Nc1cccc(CNC(=O)c2c(C)nc(-c3ccco3)nc2SC)c1. The van der Waals surface area contributed by atoms with Crippen LogP contribution in [0.15, 0.2) is 52.1 Å². The zero-order chi connectivity index (χ0) is 21.5. The molecule has 0 saturated carbocycles. The van der Waals surface area contributed by atoms with E-state index in [9.17, 15) is 9.59 Å². The van der Waals surface area contributed by atoms with E-state index in [0.29, 0.717) is 46.5 Å². The van der Waals surface area contributed by atoms with Crippen molar-refractivity contribution in [1.82, 2.24) is 15.3 Å². The Morgan fingerprint density at radius 3 is 2.70 bits per heavy atom. The van der Waals surface area contributed by atoms with Crippen molar-refractivity contribution in [2.75, 3.05) is 11.6 Å². The Balaban J connectivity index is 1.73. The molecular weight excluding hydrogens is 400 g/mol. The molecule has 0 saturated heterocycles. The van der Waals surface area contributed by atoms with Gasteiger partial charge in [0.1, 0.15) is 5.03 Å². The van der Waals surface area contributed by atoms with Crippen LogP contribution in [-0.2, 0) is 11.3 Å². The minimum absolute atomic E-state index is 0.0206. The Hall–Kier alpha value is -3.13. The first kappa shape index (κ1) is 21.6. The van der Waals surface area contributed by atoms with Crippen LogP contribution < -0.4 is 10.6 Å². The summed E-state index contributed by atoms with van der Waals surface area (Å²) in [7, 11) is 0. The number of carbonyl (C=O) groups excluding carboxylic acids is 2. The van der Waals surface area contributed by atoms with Crippen LogP contribution in [0, 0.1) is 6.92 Å². The predicted octanol–water partition coefficient (Wildman–Crippen LogP) is 4.44. The minimum Gasteiger partial charge on any atom is -0.461 e. The maximum absolute atomic E-state index is 12.9. The summed E-state index contributed by atoms with van der Waals surface area (Å²) in [5, 5.41) is 6.38.